The van der Waals surface area contributed by atoms with Crippen LogP contribution in [0.1, 0.15) is 0 Å². The lowest BCUT2D eigenvalue weighted by atomic mass is 10.3. The van der Waals surface area contributed by atoms with Crippen LogP contribution in [-0.4, -0.2) is 35.3 Å². The van der Waals surface area contributed by atoms with Crippen LogP contribution in [0.3, 0.4) is 0 Å². The second-order valence-corrected chi connectivity index (χ2v) is 6.20. The molecule has 0 aliphatic heterocycles. The third kappa shape index (κ3) is 5.89. The molecule has 1 unspecified atom stereocenters. The number of nitrogens with one attached hydrogen (secondary N) is 3. The van der Waals surface area contributed by atoms with Crippen molar-refractivity contribution in [1.29, 1.82) is 0 Å². The fourth-order valence-corrected chi connectivity index (χ4v) is 2.51. The van der Waals surface area contributed by atoms with Crippen molar-refractivity contribution in [3.8, 4) is 0 Å². The van der Waals surface area contributed by atoms with E-state index in [2.05, 4.69) is 20.9 Å². The van der Waals surface area contributed by atoms with Gasteiger partial charge in [0.1, 0.15) is 5.82 Å². The maximum Gasteiger partial charge on any atom is 0.319 e. The molecule has 134 valence electrons. The van der Waals surface area contributed by atoms with Crippen molar-refractivity contribution in [2.45, 2.75) is 6.10 Å². The van der Waals surface area contributed by atoms with Gasteiger partial charge in [-0.15, -0.1) is 0 Å². The highest BCUT2D eigenvalue weighted by atomic mass is 35.5. The molecule has 0 radical (unpaired) electrons. The number of anilines is 2. The van der Waals surface area contributed by atoms with E-state index in [1.165, 1.54) is 24.5 Å². The van der Waals surface area contributed by atoms with Gasteiger partial charge in [-0.3, -0.25) is 4.98 Å². The Labute approximate surface area is 158 Å². The molecule has 1 atom stereocenters. The molecule has 6 nitrogen and oxygen atoms in total. The fourth-order valence-electron chi connectivity index (χ4n) is 1.83. The molecule has 0 fully saturated rings. The first-order valence-corrected chi connectivity index (χ1v) is 8.21. The summed E-state index contributed by atoms with van der Waals surface area (Å²) in [5, 5.41) is 18.3. The number of hydrogen-bond acceptors (Lipinski definition) is 4. The average molecular weight is 408 g/mol. The zero-order valence-electron chi connectivity index (χ0n) is 12.7. The number of halogens is 4. The van der Waals surface area contributed by atoms with Gasteiger partial charge in [0, 0.05) is 31.2 Å². The highest BCUT2D eigenvalue weighted by molar-refractivity contribution is 6.38. The number of rotatable bonds is 6. The summed E-state index contributed by atoms with van der Waals surface area (Å²) in [6.07, 6.45) is 1.94. The first-order valence-electron chi connectivity index (χ1n) is 7.07. The van der Waals surface area contributed by atoms with Gasteiger partial charge in [-0.25, -0.2) is 9.18 Å². The molecule has 10 heteroatoms. The molecule has 0 saturated carbocycles. The lowest BCUT2D eigenvalue weighted by molar-refractivity contribution is 0.184. The van der Waals surface area contributed by atoms with Crippen LogP contribution in [0, 0.1) is 5.82 Å². The summed E-state index contributed by atoms with van der Waals surface area (Å²) in [5.74, 6) is -0.581. The van der Waals surface area contributed by atoms with Crippen molar-refractivity contribution >= 4 is 52.2 Å². The van der Waals surface area contributed by atoms with Gasteiger partial charge in [-0.05, 0) is 18.2 Å². The van der Waals surface area contributed by atoms with Crippen LogP contribution < -0.4 is 16.0 Å². The minimum absolute atomic E-state index is 0.0336. The van der Waals surface area contributed by atoms with E-state index in [0.717, 1.165) is 6.07 Å². The second-order valence-electron chi connectivity index (χ2n) is 4.98. The van der Waals surface area contributed by atoms with Crippen LogP contribution in [0.4, 0.5) is 20.6 Å². The zero-order chi connectivity index (χ0) is 18.4. The van der Waals surface area contributed by atoms with Crippen LogP contribution in [0.25, 0.3) is 0 Å². The van der Waals surface area contributed by atoms with Gasteiger partial charge in [0.25, 0.3) is 0 Å². The molecule has 1 heterocycles. The second kappa shape index (κ2) is 9.05. The lowest BCUT2D eigenvalue weighted by Crippen LogP contribution is -2.38. The van der Waals surface area contributed by atoms with Crippen LogP contribution in [0.5, 0.6) is 0 Å². The third-order valence-corrected chi connectivity index (χ3v) is 3.91. The molecule has 0 spiro atoms. The minimum atomic E-state index is -0.900. The van der Waals surface area contributed by atoms with Crippen LogP contribution in [-0.2, 0) is 0 Å². The largest absolute Gasteiger partial charge is 0.389 e. The van der Waals surface area contributed by atoms with Crippen molar-refractivity contribution in [1.82, 2.24) is 10.3 Å². The van der Waals surface area contributed by atoms with Gasteiger partial charge in [0.05, 0.1) is 26.9 Å². The Morgan fingerprint density at radius 2 is 1.84 bits per heavy atom. The summed E-state index contributed by atoms with van der Waals surface area (Å²) in [7, 11) is 0. The number of amides is 2. The number of carbonyl (C=O) groups excluding carboxylic acids is 1. The number of carbonyl (C=O) groups is 1. The predicted octanol–water partition coefficient (Wildman–Crippen LogP) is 3.78. The number of nitrogens with zero attached hydrogens (tertiary/aromatic N) is 1. The van der Waals surface area contributed by atoms with E-state index in [-0.39, 0.29) is 18.1 Å². The highest BCUT2D eigenvalue weighted by Gasteiger charge is 2.11. The number of aromatic nitrogens is 1. The number of aliphatic hydroxyl groups is 1. The summed E-state index contributed by atoms with van der Waals surface area (Å²) in [6.45, 7) is 0.0696. The number of aliphatic hydroxyl groups excluding tert-OH is 1. The van der Waals surface area contributed by atoms with Crippen molar-refractivity contribution in [3.63, 3.8) is 0 Å². The molecule has 0 aliphatic rings. The van der Waals surface area contributed by atoms with Crippen LogP contribution in [0.15, 0.2) is 30.6 Å². The Morgan fingerprint density at radius 3 is 2.48 bits per heavy atom. The molecule has 25 heavy (non-hydrogen) atoms. The fraction of sp³-hybridized carbons (Fsp3) is 0.200. The Kier molecular flexibility index (Phi) is 7.07. The molecular formula is C15H14Cl3FN4O2. The van der Waals surface area contributed by atoms with Gasteiger partial charge in [0.15, 0.2) is 0 Å². The molecule has 1 aromatic carbocycles. The molecule has 0 saturated heterocycles. The maximum atomic E-state index is 13.0. The Hall–Kier alpha value is -1.80. The standard InChI is InChI=1S/C15H14Cl3FN4O2/c16-10-3-8(1-2-13(10)19)23-15(25)22-5-9(24)4-21-14-11(17)6-20-7-12(14)18/h1-3,6-7,9,24H,4-5H2,(H,20,21)(H2,22,23,25). The van der Waals surface area contributed by atoms with Crippen molar-refractivity contribution < 1.29 is 14.3 Å². The minimum Gasteiger partial charge on any atom is -0.389 e. The van der Waals surface area contributed by atoms with Gasteiger partial charge >= 0.3 is 6.03 Å². The first-order chi connectivity index (χ1) is 11.9. The summed E-state index contributed by atoms with van der Waals surface area (Å²) < 4.78 is 13.0. The molecule has 0 aliphatic carbocycles. The van der Waals surface area contributed by atoms with Gasteiger partial charge in [-0.1, -0.05) is 34.8 Å². The topological polar surface area (TPSA) is 86.3 Å². The summed E-state index contributed by atoms with van der Waals surface area (Å²) in [6, 6.07) is 3.22. The number of benzene rings is 1. The average Bonchev–Trinajstić information content (AvgIpc) is 2.56. The normalized spacial score (nSPS) is 11.7. The van der Waals surface area contributed by atoms with E-state index < -0.39 is 18.0 Å². The monoisotopic (exact) mass is 406 g/mol. The van der Waals surface area contributed by atoms with E-state index in [9.17, 15) is 14.3 Å². The highest BCUT2D eigenvalue weighted by Crippen LogP contribution is 2.28. The van der Waals surface area contributed by atoms with E-state index in [1.807, 2.05) is 0 Å². The van der Waals surface area contributed by atoms with Gasteiger partial charge < -0.3 is 21.1 Å². The summed E-state index contributed by atoms with van der Waals surface area (Å²) >= 11 is 17.5. The number of pyridine rings is 1. The Balaban J connectivity index is 1.78. The zero-order valence-corrected chi connectivity index (χ0v) is 15.0. The number of hydrogen-bond donors (Lipinski definition) is 4. The maximum absolute atomic E-state index is 13.0. The Morgan fingerprint density at radius 1 is 1.16 bits per heavy atom. The summed E-state index contributed by atoms with van der Waals surface area (Å²) in [4.78, 5) is 15.6. The molecule has 2 aromatic rings. The van der Waals surface area contributed by atoms with Crippen molar-refractivity contribution in [3.05, 3.63) is 51.5 Å². The van der Waals surface area contributed by atoms with Gasteiger partial charge in [-0.2, -0.15) is 0 Å². The molecule has 2 amide bonds. The van der Waals surface area contributed by atoms with Crippen molar-refractivity contribution in [2.75, 3.05) is 23.7 Å². The predicted molar refractivity (Wildman–Crippen MR) is 97.2 cm³/mol. The lowest BCUT2D eigenvalue weighted by Gasteiger charge is -2.15. The van der Waals surface area contributed by atoms with E-state index in [1.54, 1.807) is 0 Å². The summed E-state index contributed by atoms with van der Waals surface area (Å²) in [5.41, 5.74) is 0.773. The molecule has 0 bridgehead atoms. The van der Waals surface area contributed by atoms with Gasteiger partial charge in [0.2, 0.25) is 0 Å². The van der Waals surface area contributed by atoms with Crippen LogP contribution >= 0.6 is 34.8 Å². The SMILES string of the molecule is O=C(NCC(O)CNc1c(Cl)cncc1Cl)Nc1ccc(F)c(Cl)c1. The van der Waals surface area contributed by atoms with E-state index in [4.69, 9.17) is 34.8 Å². The van der Waals surface area contributed by atoms with E-state index >= 15 is 0 Å². The third-order valence-electron chi connectivity index (χ3n) is 3.04. The molecule has 2 rings (SSSR count). The first kappa shape index (κ1) is 19.5. The molecule has 4 N–H and O–H groups in total. The molecule has 1 aromatic heterocycles. The quantitative estimate of drug-likeness (QED) is 0.587. The Bertz CT molecular complexity index is 743. The van der Waals surface area contributed by atoms with E-state index in [0.29, 0.717) is 21.4 Å². The smallest absolute Gasteiger partial charge is 0.319 e. The van der Waals surface area contributed by atoms with Crippen LogP contribution in [0.2, 0.25) is 15.1 Å². The number of urea groups is 1. The van der Waals surface area contributed by atoms with Crippen molar-refractivity contribution in [2.24, 2.45) is 0 Å². The molecular weight excluding hydrogens is 394 g/mol.